The molecule has 5 nitrogen and oxygen atoms in total. The van der Waals surface area contributed by atoms with Gasteiger partial charge >= 0.3 is 0 Å². The third-order valence-corrected chi connectivity index (χ3v) is 2.94. The molecular formula is C10H12N4OS. The largest absolute Gasteiger partial charge is 0.362 e. The van der Waals surface area contributed by atoms with Gasteiger partial charge in [-0.25, -0.2) is 9.97 Å². The average Bonchev–Trinajstić information content (AvgIpc) is 2.70. The molecule has 0 aliphatic rings. The first-order chi connectivity index (χ1) is 7.79. The van der Waals surface area contributed by atoms with Crippen molar-refractivity contribution in [3.8, 4) is 0 Å². The van der Waals surface area contributed by atoms with Crippen LogP contribution >= 0.6 is 11.3 Å². The summed E-state index contributed by atoms with van der Waals surface area (Å²) in [5.41, 5.74) is -0.0478. The number of hydrogen-bond acceptors (Lipinski definition) is 5. The fourth-order valence-corrected chi connectivity index (χ4v) is 2.16. The van der Waals surface area contributed by atoms with Gasteiger partial charge in [0.25, 0.3) is 5.56 Å². The molecule has 0 saturated heterocycles. The molecule has 0 unspecified atom stereocenters. The lowest BCUT2D eigenvalue weighted by Gasteiger charge is -2.00. The summed E-state index contributed by atoms with van der Waals surface area (Å²) in [6.45, 7) is 3.39. The second-order valence-corrected chi connectivity index (χ2v) is 4.32. The molecule has 0 spiro atoms. The minimum Gasteiger partial charge on any atom is -0.362 e. The fraction of sp³-hybridized carbons (Fsp3) is 0.300. The molecule has 0 aliphatic carbocycles. The maximum absolute atomic E-state index is 11.4. The summed E-state index contributed by atoms with van der Waals surface area (Å²) in [6, 6.07) is 1.45. The Morgan fingerprint density at radius 1 is 1.56 bits per heavy atom. The Hall–Kier alpha value is -1.69. The van der Waals surface area contributed by atoms with Crippen LogP contribution in [0.1, 0.15) is 11.8 Å². The first-order valence-electron chi connectivity index (χ1n) is 4.98. The molecule has 0 amide bonds. The van der Waals surface area contributed by atoms with Crippen molar-refractivity contribution in [1.29, 1.82) is 0 Å². The normalized spacial score (nSPS) is 10.3. The van der Waals surface area contributed by atoms with Crippen molar-refractivity contribution < 1.29 is 0 Å². The van der Waals surface area contributed by atoms with Crippen LogP contribution in [0.4, 0.5) is 5.13 Å². The van der Waals surface area contributed by atoms with E-state index < -0.39 is 0 Å². The van der Waals surface area contributed by atoms with Gasteiger partial charge in [0.05, 0.1) is 12.9 Å². The van der Waals surface area contributed by atoms with E-state index in [2.05, 4.69) is 15.3 Å². The molecule has 2 rings (SSSR count). The summed E-state index contributed by atoms with van der Waals surface area (Å²) >= 11 is 1.55. The Morgan fingerprint density at radius 2 is 2.44 bits per heavy atom. The number of nitrogens with zero attached hydrogens (tertiary/aromatic N) is 3. The van der Waals surface area contributed by atoms with Crippen LogP contribution in [0.25, 0.3) is 0 Å². The van der Waals surface area contributed by atoms with E-state index in [4.69, 9.17) is 0 Å². The molecule has 0 aromatic carbocycles. The average molecular weight is 236 g/mol. The van der Waals surface area contributed by atoms with Gasteiger partial charge in [-0.1, -0.05) is 0 Å². The maximum Gasteiger partial charge on any atom is 0.253 e. The minimum atomic E-state index is -0.0478. The van der Waals surface area contributed by atoms with Gasteiger partial charge in [0.15, 0.2) is 5.13 Å². The molecule has 2 aromatic heterocycles. The Labute approximate surface area is 96.8 Å². The fourth-order valence-electron chi connectivity index (χ4n) is 1.28. The highest BCUT2D eigenvalue weighted by molar-refractivity contribution is 7.15. The quantitative estimate of drug-likeness (QED) is 0.866. The van der Waals surface area contributed by atoms with E-state index in [0.717, 1.165) is 16.6 Å². The Kier molecular flexibility index (Phi) is 3.31. The smallest absolute Gasteiger partial charge is 0.253 e. The summed E-state index contributed by atoms with van der Waals surface area (Å²) in [6.07, 6.45) is 4.81. The molecule has 1 N–H and O–H groups in total. The van der Waals surface area contributed by atoms with Crippen molar-refractivity contribution in [2.24, 2.45) is 0 Å². The highest BCUT2D eigenvalue weighted by atomic mass is 32.1. The lowest BCUT2D eigenvalue weighted by Crippen LogP contribution is -2.18. The Morgan fingerprint density at radius 3 is 3.19 bits per heavy atom. The predicted molar refractivity (Wildman–Crippen MR) is 63.9 cm³/mol. The molecule has 0 fully saturated rings. The van der Waals surface area contributed by atoms with Gasteiger partial charge in [-0.2, -0.15) is 0 Å². The standard InChI is InChI=1S/C10H12N4OS/c1-2-12-10-13-5-8(16-10)6-14-7-11-4-3-9(14)15/h3-5,7H,2,6H2,1H3,(H,12,13). The SMILES string of the molecule is CCNc1ncc(Cn2cnccc2=O)s1. The van der Waals surface area contributed by atoms with Crippen molar-refractivity contribution in [3.63, 3.8) is 0 Å². The Balaban J connectivity index is 2.15. The van der Waals surface area contributed by atoms with E-state index in [1.807, 2.05) is 6.92 Å². The van der Waals surface area contributed by atoms with Gasteiger partial charge in [0.2, 0.25) is 0 Å². The van der Waals surface area contributed by atoms with Gasteiger partial charge in [-0.05, 0) is 6.92 Å². The van der Waals surface area contributed by atoms with Crippen molar-refractivity contribution >= 4 is 16.5 Å². The van der Waals surface area contributed by atoms with E-state index in [-0.39, 0.29) is 5.56 Å². The topological polar surface area (TPSA) is 59.8 Å². The molecule has 0 radical (unpaired) electrons. The highest BCUT2D eigenvalue weighted by Gasteiger charge is 2.02. The minimum absolute atomic E-state index is 0.0478. The van der Waals surface area contributed by atoms with E-state index in [1.165, 1.54) is 18.6 Å². The van der Waals surface area contributed by atoms with Gasteiger partial charge < -0.3 is 5.32 Å². The highest BCUT2D eigenvalue weighted by Crippen LogP contribution is 2.17. The zero-order valence-corrected chi connectivity index (χ0v) is 9.70. The molecule has 2 heterocycles. The number of nitrogens with one attached hydrogen (secondary N) is 1. The van der Waals surface area contributed by atoms with Crippen LogP contribution in [0.5, 0.6) is 0 Å². The summed E-state index contributed by atoms with van der Waals surface area (Å²) < 4.78 is 1.56. The van der Waals surface area contributed by atoms with Gasteiger partial charge in [-0.3, -0.25) is 9.36 Å². The molecule has 0 aliphatic heterocycles. The number of rotatable bonds is 4. The number of hydrogen-bond donors (Lipinski definition) is 1. The van der Waals surface area contributed by atoms with Crippen LogP contribution in [0, 0.1) is 0 Å². The van der Waals surface area contributed by atoms with Crippen molar-refractivity contribution in [1.82, 2.24) is 14.5 Å². The van der Waals surface area contributed by atoms with Gasteiger partial charge in [-0.15, -0.1) is 11.3 Å². The first-order valence-corrected chi connectivity index (χ1v) is 5.80. The second kappa shape index (κ2) is 4.89. The van der Waals surface area contributed by atoms with E-state index in [9.17, 15) is 4.79 Å². The zero-order valence-electron chi connectivity index (χ0n) is 8.88. The second-order valence-electron chi connectivity index (χ2n) is 3.21. The summed E-state index contributed by atoms with van der Waals surface area (Å²) in [5, 5.41) is 4.02. The van der Waals surface area contributed by atoms with E-state index in [0.29, 0.717) is 6.54 Å². The zero-order chi connectivity index (χ0) is 11.4. The van der Waals surface area contributed by atoms with Crippen LogP contribution in [-0.4, -0.2) is 21.1 Å². The molecular weight excluding hydrogens is 224 g/mol. The summed E-state index contributed by atoms with van der Waals surface area (Å²) in [4.78, 5) is 20.6. The molecule has 6 heteroatoms. The summed E-state index contributed by atoms with van der Waals surface area (Å²) in [5.74, 6) is 0. The van der Waals surface area contributed by atoms with Crippen molar-refractivity contribution in [2.45, 2.75) is 13.5 Å². The summed E-state index contributed by atoms with van der Waals surface area (Å²) in [7, 11) is 0. The molecule has 2 aromatic rings. The molecule has 16 heavy (non-hydrogen) atoms. The molecule has 0 saturated carbocycles. The third-order valence-electron chi connectivity index (χ3n) is 2.00. The molecule has 0 atom stereocenters. The van der Waals surface area contributed by atoms with Crippen molar-refractivity contribution in [2.75, 3.05) is 11.9 Å². The molecule has 0 bridgehead atoms. The lowest BCUT2D eigenvalue weighted by molar-refractivity contribution is 0.744. The lowest BCUT2D eigenvalue weighted by atomic mass is 10.5. The van der Waals surface area contributed by atoms with Crippen LogP contribution in [0.15, 0.2) is 29.6 Å². The van der Waals surface area contributed by atoms with Gasteiger partial charge in [0, 0.05) is 29.9 Å². The first kappa shape index (κ1) is 10.8. The van der Waals surface area contributed by atoms with Crippen LogP contribution in [-0.2, 0) is 6.54 Å². The number of aromatic nitrogens is 3. The third kappa shape index (κ3) is 2.46. The van der Waals surface area contributed by atoms with E-state index >= 15 is 0 Å². The van der Waals surface area contributed by atoms with Gasteiger partial charge in [0.1, 0.15) is 0 Å². The van der Waals surface area contributed by atoms with Crippen LogP contribution < -0.4 is 10.9 Å². The van der Waals surface area contributed by atoms with Crippen LogP contribution in [0.2, 0.25) is 0 Å². The number of thiazole rings is 1. The number of anilines is 1. The van der Waals surface area contributed by atoms with Crippen molar-refractivity contribution in [3.05, 3.63) is 40.0 Å². The molecule has 84 valence electrons. The predicted octanol–water partition coefficient (Wildman–Crippen LogP) is 1.18. The van der Waals surface area contributed by atoms with E-state index in [1.54, 1.807) is 22.1 Å². The maximum atomic E-state index is 11.4. The monoisotopic (exact) mass is 236 g/mol. The Bertz CT molecular complexity index is 519. The van der Waals surface area contributed by atoms with Crippen LogP contribution in [0.3, 0.4) is 0 Å².